The van der Waals surface area contributed by atoms with Gasteiger partial charge in [-0.25, -0.2) is 9.97 Å². The van der Waals surface area contributed by atoms with Crippen LogP contribution in [0.1, 0.15) is 30.5 Å². The van der Waals surface area contributed by atoms with Crippen molar-refractivity contribution in [1.82, 2.24) is 24.4 Å². The molecule has 3 aromatic rings. The van der Waals surface area contributed by atoms with Crippen LogP contribution in [0.3, 0.4) is 0 Å². The summed E-state index contributed by atoms with van der Waals surface area (Å²) in [6, 6.07) is 6.20. The number of aromatic nitrogens is 4. The SMILES string of the molecule is Cn1cncc1[C@@H]1C[C@H](NCc2nc3ccc(Cl)cc3n2C)CCO1. The first-order valence-electron chi connectivity index (χ1n) is 8.54. The standard InChI is InChI=1S/C18H22ClN5O/c1-23-11-20-9-16(23)17-8-13(5-6-25-17)21-10-18-22-14-4-3-12(19)7-15(14)24(18)2/h3-4,7,9,11,13,17,21H,5-6,8,10H2,1-2H3/t13-,17+/m1/s1. The van der Waals surface area contributed by atoms with Crippen molar-refractivity contribution in [2.24, 2.45) is 14.1 Å². The van der Waals surface area contributed by atoms with E-state index < -0.39 is 0 Å². The van der Waals surface area contributed by atoms with Crippen molar-refractivity contribution in [1.29, 1.82) is 0 Å². The number of imidazole rings is 2. The van der Waals surface area contributed by atoms with E-state index in [1.807, 2.05) is 49.4 Å². The van der Waals surface area contributed by atoms with Gasteiger partial charge in [-0.1, -0.05) is 11.6 Å². The second-order valence-corrected chi connectivity index (χ2v) is 7.05. The minimum Gasteiger partial charge on any atom is -0.372 e. The van der Waals surface area contributed by atoms with Crippen molar-refractivity contribution in [2.75, 3.05) is 6.61 Å². The zero-order valence-corrected chi connectivity index (χ0v) is 15.2. The van der Waals surface area contributed by atoms with E-state index in [0.29, 0.717) is 6.04 Å². The number of hydrogen-bond donors (Lipinski definition) is 1. The summed E-state index contributed by atoms with van der Waals surface area (Å²) in [6.07, 6.45) is 5.75. The van der Waals surface area contributed by atoms with E-state index in [1.165, 1.54) is 0 Å². The molecule has 2 aromatic heterocycles. The molecule has 0 amide bonds. The Kier molecular flexibility index (Phi) is 4.50. The summed E-state index contributed by atoms with van der Waals surface area (Å²) in [5.74, 6) is 1.01. The lowest BCUT2D eigenvalue weighted by molar-refractivity contribution is -0.00417. The van der Waals surface area contributed by atoms with Gasteiger partial charge in [0.05, 0.1) is 35.8 Å². The maximum atomic E-state index is 6.10. The number of fused-ring (bicyclic) bond motifs is 1. The van der Waals surface area contributed by atoms with Crippen LogP contribution in [0.15, 0.2) is 30.7 Å². The molecule has 6 nitrogen and oxygen atoms in total. The molecule has 7 heteroatoms. The predicted octanol–water partition coefficient (Wildman–Crippen LogP) is 2.97. The van der Waals surface area contributed by atoms with Crippen molar-refractivity contribution >= 4 is 22.6 Å². The van der Waals surface area contributed by atoms with Crippen LogP contribution >= 0.6 is 11.6 Å². The molecule has 0 radical (unpaired) electrons. The normalized spacial score (nSPS) is 21.1. The summed E-state index contributed by atoms with van der Waals surface area (Å²) in [6.45, 7) is 1.48. The molecule has 1 fully saturated rings. The molecule has 1 aliphatic heterocycles. The zero-order chi connectivity index (χ0) is 17.4. The van der Waals surface area contributed by atoms with Crippen molar-refractivity contribution in [3.05, 3.63) is 47.3 Å². The number of aryl methyl sites for hydroxylation is 2. The lowest BCUT2D eigenvalue weighted by atomic mass is 10.0. The van der Waals surface area contributed by atoms with Gasteiger partial charge in [-0.2, -0.15) is 0 Å². The van der Waals surface area contributed by atoms with Gasteiger partial charge in [0.1, 0.15) is 11.9 Å². The lowest BCUT2D eigenvalue weighted by Gasteiger charge is -2.30. The van der Waals surface area contributed by atoms with Crippen LogP contribution in [0, 0.1) is 0 Å². The van der Waals surface area contributed by atoms with Gasteiger partial charge in [0.15, 0.2) is 0 Å². The Hall–Kier alpha value is -1.89. The largest absolute Gasteiger partial charge is 0.372 e. The Balaban J connectivity index is 1.44. The summed E-state index contributed by atoms with van der Waals surface area (Å²) in [5.41, 5.74) is 3.16. The van der Waals surface area contributed by atoms with Gasteiger partial charge < -0.3 is 19.2 Å². The average molecular weight is 360 g/mol. The number of nitrogens with one attached hydrogen (secondary N) is 1. The summed E-state index contributed by atoms with van der Waals surface area (Å²) >= 11 is 6.10. The lowest BCUT2D eigenvalue weighted by Crippen LogP contribution is -2.36. The van der Waals surface area contributed by atoms with Crippen LogP contribution in [0.4, 0.5) is 0 Å². The second kappa shape index (κ2) is 6.78. The van der Waals surface area contributed by atoms with E-state index in [4.69, 9.17) is 21.3 Å². The molecule has 132 valence electrons. The first-order valence-corrected chi connectivity index (χ1v) is 8.91. The van der Waals surface area contributed by atoms with Gasteiger partial charge in [0.2, 0.25) is 0 Å². The fraction of sp³-hybridized carbons (Fsp3) is 0.444. The van der Waals surface area contributed by atoms with Crippen molar-refractivity contribution in [2.45, 2.75) is 31.5 Å². The third-order valence-electron chi connectivity index (χ3n) is 4.95. The molecule has 1 saturated heterocycles. The van der Waals surface area contributed by atoms with Gasteiger partial charge in [-0.3, -0.25) is 0 Å². The van der Waals surface area contributed by atoms with Crippen LogP contribution in [0.2, 0.25) is 5.02 Å². The predicted molar refractivity (Wildman–Crippen MR) is 97.5 cm³/mol. The smallest absolute Gasteiger partial charge is 0.123 e. The molecule has 2 atom stereocenters. The molecule has 1 N–H and O–H groups in total. The first kappa shape index (κ1) is 16.6. The Labute approximate surface area is 151 Å². The van der Waals surface area contributed by atoms with Gasteiger partial charge in [0.25, 0.3) is 0 Å². The molecule has 3 heterocycles. The zero-order valence-electron chi connectivity index (χ0n) is 14.4. The third kappa shape index (κ3) is 3.29. The van der Waals surface area contributed by atoms with Gasteiger partial charge in [-0.05, 0) is 31.0 Å². The van der Waals surface area contributed by atoms with Crippen LogP contribution in [0.25, 0.3) is 11.0 Å². The number of halogens is 1. The molecule has 0 saturated carbocycles. The molecule has 0 unspecified atom stereocenters. The highest BCUT2D eigenvalue weighted by atomic mass is 35.5. The maximum Gasteiger partial charge on any atom is 0.123 e. The van der Waals surface area contributed by atoms with Gasteiger partial charge >= 0.3 is 0 Å². The molecule has 1 aromatic carbocycles. The average Bonchev–Trinajstić information content (AvgIpc) is 3.17. The molecule has 25 heavy (non-hydrogen) atoms. The number of rotatable bonds is 4. The monoisotopic (exact) mass is 359 g/mol. The third-order valence-corrected chi connectivity index (χ3v) is 5.19. The minimum absolute atomic E-state index is 0.0954. The Morgan fingerprint density at radius 1 is 1.36 bits per heavy atom. The van der Waals surface area contributed by atoms with E-state index >= 15 is 0 Å². The number of ether oxygens (including phenoxy) is 1. The molecule has 1 aliphatic rings. The number of hydrogen-bond acceptors (Lipinski definition) is 4. The Morgan fingerprint density at radius 2 is 2.24 bits per heavy atom. The molecular weight excluding hydrogens is 338 g/mol. The van der Waals surface area contributed by atoms with E-state index in [-0.39, 0.29) is 6.10 Å². The van der Waals surface area contributed by atoms with E-state index in [1.54, 1.807) is 0 Å². The fourth-order valence-corrected chi connectivity index (χ4v) is 3.64. The Morgan fingerprint density at radius 3 is 3.04 bits per heavy atom. The summed E-state index contributed by atoms with van der Waals surface area (Å²) in [5, 5.41) is 4.37. The summed E-state index contributed by atoms with van der Waals surface area (Å²) in [7, 11) is 4.04. The second-order valence-electron chi connectivity index (χ2n) is 6.61. The minimum atomic E-state index is 0.0954. The summed E-state index contributed by atoms with van der Waals surface area (Å²) in [4.78, 5) is 8.91. The number of nitrogens with zero attached hydrogens (tertiary/aromatic N) is 4. The van der Waals surface area contributed by atoms with Crippen molar-refractivity contribution in [3.63, 3.8) is 0 Å². The van der Waals surface area contributed by atoms with Crippen LogP contribution in [0.5, 0.6) is 0 Å². The van der Waals surface area contributed by atoms with Crippen molar-refractivity contribution in [3.8, 4) is 0 Å². The molecule has 4 rings (SSSR count). The highest BCUT2D eigenvalue weighted by Crippen LogP contribution is 2.28. The van der Waals surface area contributed by atoms with Gasteiger partial charge in [-0.15, -0.1) is 0 Å². The van der Waals surface area contributed by atoms with Crippen LogP contribution in [-0.4, -0.2) is 31.8 Å². The highest BCUT2D eigenvalue weighted by Gasteiger charge is 2.25. The summed E-state index contributed by atoms with van der Waals surface area (Å²) < 4.78 is 10.1. The number of benzene rings is 1. The van der Waals surface area contributed by atoms with Crippen LogP contribution < -0.4 is 5.32 Å². The van der Waals surface area contributed by atoms with E-state index in [2.05, 4.69) is 14.9 Å². The topological polar surface area (TPSA) is 56.9 Å². The van der Waals surface area contributed by atoms with Crippen molar-refractivity contribution < 1.29 is 4.74 Å². The maximum absolute atomic E-state index is 6.10. The van der Waals surface area contributed by atoms with E-state index in [0.717, 1.165) is 53.6 Å². The highest BCUT2D eigenvalue weighted by molar-refractivity contribution is 6.31. The molecule has 0 spiro atoms. The van der Waals surface area contributed by atoms with Crippen LogP contribution in [-0.2, 0) is 25.4 Å². The Bertz CT molecular complexity index is 887. The molecular formula is C18H22ClN5O. The fourth-order valence-electron chi connectivity index (χ4n) is 3.47. The van der Waals surface area contributed by atoms with Gasteiger partial charge in [0, 0.05) is 31.8 Å². The van der Waals surface area contributed by atoms with E-state index in [9.17, 15) is 0 Å². The molecule has 0 aliphatic carbocycles. The molecule has 0 bridgehead atoms. The first-order chi connectivity index (χ1) is 12.1. The quantitative estimate of drug-likeness (QED) is 0.778.